The molecule has 0 aliphatic heterocycles. The van der Waals surface area contributed by atoms with Gasteiger partial charge in [-0.15, -0.1) is 0 Å². The lowest BCUT2D eigenvalue weighted by molar-refractivity contribution is -0.385. The third-order valence-electron chi connectivity index (χ3n) is 2.78. The average Bonchev–Trinajstić information content (AvgIpc) is 2.85. The summed E-state index contributed by atoms with van der Waals surface area (Å²) in [5.74, 6) is -1.06. The Balaban J connectivity index is 2.19. The van der Waals surface area contributed by atoms with Crippen LogP contribution in [0.4, 0.5) is 5.69 Å². The van der Waals surface area contributed by atoms with Crippen LogP contribution in [-0.4, -0.2) is 16.0 Å². The fraction of sp³-hybridized carbons (Fsp3) is 0.154. The van der Waals surface area contributed by atoms with E-state index in [0.717, 1.165) is 0 Å². The van der Waals surface area contributed by atoms with Gasteiger partial charge >= 0.3 is 5.97 Å². The zero-order valence-electron chi connectivity index (χ0n) is 10.5. The van der Waals surface area contributed by atoms with Crippen molar-refractivity contribution in [3.05, 3.63) is 57.5 Å². The van der Waals surface area contributed by atoms with Gasteiger partial charge in [0.2, 0.25) is 5.76 Å². The maximum absolute atomic E-state index is 10.9. The number of benzene rings is 1. The molecule has 1 N–H and O–H groups in total. The Kier molecular flexibility index (Phi) is 3.69. The van der Waals surface area contributed by atoms with Crippen molar-refractivity contribution in [1.82, 2.24) is 0 Å². The van der Waals surface area contributed by atoms with Gasteiger partial charge in [0.25, 0.3) is 5.69 Å². The molecule has 1 aromatic carbocycles. The summed E-state index contributed by atoms with van der Waals surface area (Å²) in [5.41, 5.74) is 0.703. The molecule has 0 amide bonds. The number of nitro groups is 1. The maximum Gasteiger partial charge on any atom is 0.372 e. The summed E-state index contributed by atoms with van der Waals surface area (Å²) in [6.07, 6.45) is 1.25. The van der Waals surface area contributed by atoms with Crippen LogP contribution >= 0.6 is 0 Å². The lowest BCUT2D eigenvalue weighted by Gasteiger charge is -2.08. The molecule has 0 saturated heterocycles. The molecule has 0 saturated carbocycles. The van der Waals surface area contributed by atoms with E-state index in [0.29, 0.717) is 16.9 Å². The molecular formula is C13H11NO6. The molecular weight excluding hydrogens is 266 g/mol. The Morgan fingerprint density at radius 2 is 2.20 bits per heavy atom. The first kappa shape index (κ1) is 13.6. The van der Waals surface area contributed by atoms with Crippen LogP contribution in [0.2, 0.25) is 0 Å². The van der Waals surface area contributed by atoms with E-state index >= 15 is 0 Å². The van der Waals surface area contributed by atoms with Gasteiger partial charge in [-0.05, 0) is 19.1 Å². The van der Waals surface area contributed by atoms with Crippen molar-refractivity contribution in [3.8, 4) is 5.75 Å². The Morgan fingerprint density at radius 3 is 2.85 bits per heavy atom. The largest absolute Gasteiger partial charge is 0.488 e. The minimum absolute atomic E-state index is 0.0415. The third-order valence-corrected chi connectivity index (χ3v) is 2.78. The number of nitro benzene ring substituents is 1. The Hall–Kier alpha value is -2.83. The first-order valence-electron chi connectivity index (χ1n) is 5.67. The molecule has 1 heterocycles. The van der Waals surface area contributed by atoms with Crippen molar-refractivity contribution in [2.24, 2.45) is 0 Å². The topological polar surface area (TPSA) is 103 Å². The summed E-state index contributed by atoms with van der Waals surface area (Å²) < 4.78 is 10.3. The second-order valence-electron chi connectivity index (χ2n) is 4.03. The van der Waals surface area contributed by atoms with E-state index in [9.17, 15) is 14.9 Å². The molecule has 104 valence electrons. The monoisotopic (exact) mass is 277 g/mol. The zero-order chi connectivity index (χ0) is 14.7. The van der Waals surface area contributed by atoms with E-state index in [4.69, 9.17) is 14.3 Å². The highest BCUT2D eigenvalue weighted by molar-refractivity contribution is 5.86. The molecule has 0 bridgehead atoms. The van der Waals surface area contributed by atoms with Crippen molar-refractivity contribution in [1.29, 1.82) is 0 Å². The fourth-order valence-electron chi connectivity index (χ4n) is 1.75. The quantitative estimate of drug-likeness (QED) is 0.665. The molecule has 0 fully saturated rings. The van der Waals surface area contributed by atoms with Gasteiger partial charge in [0, 0.05) is 11.6 Å². The zero-order valence-corrected chi connectivity index (χ0v) is 10.5. The van der Waals surface area contributed by atoms with Gasteiger partial charge in [-0.3, -0.25) is 10.1 Å². The smallest absolute Gasteiger partial charge is 0.372 e. The average molecular weight is 277 g/mol. The molecule has 7 nitrogen and oxygen atoms in total. The number of furan rings is 1. The molecule has 1 aromatic heterocycles. The lowest BCUT2D eigenvalue weighted by Crippen LogP contribution is -2.03. The fourth-order valence-corrected chi connectivity index (χ4v) is 1.75. The highest BCUT2D eigenvalue weighted by atomic mass is 16.6. The number of ether oxygens (including phenoxy) is 1. The van der Waals surface area contributed by atoms with Crippen LogP contribution < -0.4 is 4.74 Å². The van der Waals surface area contributed by atoms with Crippen molar-refractivity contribution in [2.75, 3.05) is 0 Å². The Bertz CT molecular complexity index is 661. The van der Waals surface area contributed by atoms with Gasteiger partial charge in [0.05, 0.1) is 16.7 Å². The summed E-state index contributed by atoms with van der Waals surface area (Å²) in [6, 6.07) is 5.95. The number of carboxylic acids is 1. The van der Waals surface area contributed by atoms with Crippen molar-refractivity contribution < 1.29 is 24.0 Å². The number of rotatable bonds is 5. The number of carboxylic acid groups (broad SMARTS) is 1. The second kappa shape index (κ2) is 5.43. The molecule has 0 unspecified atom stereocenters. The first-order chi connectivity index (χ1) is 9.50. The summed E-state index contributed by atoms with van der Waals surface area (Å²) in [6.45, 7) is 1.53. The van der Waals surface area contributed by atoms with Gasteiger partial charge < -0.3 is 14.3 Å². The molecule has 2 aromatic rings. The van der Waals surface area contributed by atoms with Crippen LogP contribution in [0.3, 0.4) is 0 Å². The van der Waals surface area contributed by atoms with E-state index in [1.165, 1.54) is 24.5 Å². The molecule has 20 heavy (non-hydrogen) atoms. The number of nitrogens with zero attached hydrogens (tertiary/aromatic N) is 1. The Morgan fingerprint density at radius 1 is 1.45 bits per heavy atom. The molecule has 0 aliphatic carbocycles. The minimum Gasteiger partial charge on any atom is -0.488 e. The second-order valence-corrected chi connectivity index (χ2v) is 4.03. The molecule has 0 radical (unpaired) electrons. The summed E-state index contributed by atoms with van der Waals surface area (Å²) >= 11 is 0. The van der Waals surface area contributed by atoms with Crippen molar-refractivity contribution in [3.63, 3.8) is 0 Å². The van der Waals surface area contributed by atoms with Gasteiger partial charge in [-0.2, -0.15) is 0 Å². The van der Waals surface area contributed by atoms with Crippen molar-refractivity contribution >= 4 is 11.7 Å². The third kappa shape index (κ3) is 2.61. The predicted octanol–water partition coefficient (Wildman–Crippen LogP) is 2.77. The predicted molar refractivity (Wildman–Crippen MR) is 67.8 cm³/mol. The van der Waals surface area contributed by atoms with E-state index in [1.54, 1.807) is 13.0 Å². The summed E-state index contributed by atoms with van der Waals surface area (Å²) in [4.78, 5) is 21.2. The standard InChI is InChI=1S/C13H11NO6/c1-8-10(14(17)18)3-2-4-11(8)20-7-9-5-6-19-12(9)13(15)16/h2-6H,7H2,1H3,(H,15,16). The molecule has 0 spiro atoms. The van der Waals surface area contributed by atoms with Gasteiger partial charge in [0.1, 0.15) is 12.4 Å². The number of aromatic carboxylic acids is 1. The molecule has 7 heteroatoms. The molecule has 0 aliphatic rings. The lowest BCUT2D eigenvalue weighted by atomic mass is 10.2. The van der Waals surface area contributed by atoms with E-state index in [2.05, 4.69) is 0 Å². The summed E-state index contributed by atoms with van der Waals surface area (Å²) in [7, 11) is 0. The van der Waals surface area contributed by atoms with Gasteiger partial charge in [0.15, 0.2) is 0 Å². The highest BCUT2D eigenvalue weighted by Gasteiger charge is 2.17. The van der Waals surface area contributed by atoms with Crippen LogP contribution in [0.25, 0.3) is 0 Å². The molecule has 0 atom stereocenters. The van der Waals surface area contributed by atoms with E-state index < -0.39 is 10.9 Å². The van der Waals surface area contributed by atoms with Crippen LogP contribution in [0.15, 0.2) is 34.9 Å². The van der Waals surface area contributed by atoms with Gasteiger partial charge in [-0.1, -0.05) is 6.07 Å². The normalized spacial score (nSPS) is 10.2. The van der Waals surface area contributed by atoms with Gasteiger partial charge in [-0.25, -0.2) is 4.79 Å². The van der Waals surface area contributed by atoms with E-state index in [1.807, 2.05) is 0 Å². The maximum atomic E-state index is 10.9. The highest BCUT2D eigenvalue weighted by Crippen LogP contribution is 2.28. The van der Waals surface area contributed by atoms with E-state index in [-0.39, 0.29) is 18.1 Å². The Labute approximate surface area is 113 Å². The number of carbonyl (C=O) groups is 1. The van der Waals surface area contributed by atoms with Crippen molar-refractivity contribution in [2.45, 2.75) is 13.5 Å². The SMILES string of the molecule is Cc1c(OCc2ccoc2C(=O)O)cccc1[N+](=O)[O-]. The number of hydrogen-bond donors (Lipinski definition) is 1. The molecule has 2 rings (SSSR count). The van der Waals surface area contributed by atoms with Crippen LogP contribution in [0.5, 0.6) is 5.75 Å². The number of hydrogen-bond acceptors (Lipinski definition) is 5. The van der Waals surface area contributed by atoms with Crippen LogP contribution in [0.1, 0.15) is 21.7 Å². The first-order valence-corrected chi connectivity index (χ1v) is 5.67. The minimum atomic E-state index is -1.19. The van der Waals surface area contributed by atoms with Crippen LogP contribution in [0, 0.1) is 17.0 Å². The summed E-state index contributed by atoms with van der Waals surface area (Å²) in [5, 5.41) is 19.7. The van der Waals surface area contributed by atoms with Crippen LogP contribution in [-0.2, 0) is 6.61 Å².